The molecule has 0 spiro atoms. The van der Waals surface area contributed by atoms with Gasteiger partial charge in [0.1, 0.15) is 0 Å². The fourth-order valence-corrected chi connectivity index (χ4v) is 3.60. The molecule has 0 saturated carbocycles. The Labute approximate surface area is 173 Å². The molecule has 1 saturated heterocycles. The lowest BCUT2D eigenvalue weighted by Crippen LogP contribution is -2.36. The van der Waals surface area contributed by atoms with Gasteiger partial charge in [0.25, 0.3) is 5.91 Å². The molecule has 0 radical (unpaired) electrons. The van der Waals surface area contributed by atoms with Crippen molar-refractivity contribution in [3.8, 4) is 11.3 Å². The second-order valence-electron chi connectivity index (χ2n) is 7.41. The molecule has 1 aromatic carbocycles. The summed E-state index contributed by atoms with van der Waals surface area (Å²) in [5.41, 5.74) is 2.05. The molecule has 1 N–H and O–H groups in total. The fraction of sp³-hybridized carbons (Fsp3) is 0.381. The summed E-state index contributed by atoms with van der Waals surface area (Å²) in [6.45, 7) is 5.02. The molecule has 4 rings (SSSR count). The average Bonchev–Trinajstić information content (AvgIpc) is 3.42. The van der Waals surface area contributed by atoms with Gasteiger partial charge in [0, 0.05) is 31.5 Å². The highest BCUT2D eigenvalue weighted by Crippen LogP contribution is 2.26. The van der Waals surface area contributed by atoms with Crippen LogP contribution < -0.4 is 5.32 Å². The highest BCUT2D eigenvalue weighted by atomic mass is 16.5. The molecule has 156 valence electrons. The average molecular weight is 409 g/mol. The minimum Gasteiger partial charge on any atom is -0.443 e. The Morgan fingerprint density at radius 3 is 2.80 bits per heavy atom. The van der Waals surface area contributed by atoms with Gasteiger partial charge in [-0.1, -0.05) is 28.9 Å². The first-order valence-corrected chi connectivity index (χ1v) is 9.88. The van der Waals surface area contributed by atoms with Crippen LogP contribution in [0.25, 0.3) is 11.3 Å². The molecule has 9 nitrogen and oxygen atoms in total. The van der Waals surface area contributed by atoms with Crippen molar-refractivity contribution in [1.82, 2.24) is 25.3 Å². The Morgan fingerprint density at radius 1 is 1.27 bits per heavy atom. The van der Waals surface area contributed by atoms with E-state index in [9.17, 15) is 9.59 Å². The number of oxazole rings is 1. The van der Waals surface area contributed by atoms with E-state index >= 15 is 0 Å². The maximum absolute atomic E-state index is 12.6. The number of hydrogen-bond donors (Lipinski definition) is 1. The maximum Gasteiger partial charge on any atom is 0.274 e. The van der Waals surface area contributed by atoms with Crippen LogP contribution in [0.1, 0.15) is 53.5 Å². The Morgan fingerprint density at radius 2 is 2.07 bits per heavy atom. The lowest BCUT2D eigenvalue weighted by Gasteiger charge is -2.29. The molecule has 30 heavy (non-hydrogen) atoms. The van der Waals surface area contributed by atoms with Crippen LogP contribution in [0.15, 0.2) is 39.6 Å². The molecule has 0 bridgehead atoms. The molecule has 0 atom stereocenters. The van der Waals surface area contributed by atoms with E-state index in [1.54, 1.807) is 6.92 Å². The van der Waals surface area contributed by atoms with Crippen LogP contribution in [0.5, 0.6) is 0 Å². The van der Waals surface area contributed by atoms with Gasteiger partial charge in [0.2, 0.25) is 11.8 Å². The second kappa shape index (κ2) is 8.48. The highest BCUT2D eigenvalue weighted by molar-refractivity contribution is 5.97. The lowest BCUT2D eigenvalue weighted by molar-refractivity contribution is -0.129. The van der Waals surface area contributed by atoms with Gasteiger partial charge in [-0.3, -0.25) is 9.59 Å². The van der Waals surface area contributed by atoms with Gasteiger partial charge in [-0.2, -0.15) is 4.98 Å². The van der Waals surface area contributed by atoms with Gasteiger partial charge < -0.3 is 19.2 Å². The number of nitrogens with zero attached hydrogens (tertiary/aromatic N) is 4. The van der Waals surface area contributed by atoms with Crippen LogP contribution in [0.4, 0.5) is 0 Å². The van der Waals surface area contributed by atoms with Gasteiger partial charge in [-0.05, 0) is 25.8 Å². The van der Waals surface area contributed by atoms with E-state index in [1.165, 1.54) is 6.39 Å². The molecule has 3 heterocycles. The normalized spacial score (nSPS) is 14.7. The Balaban J connectivity index is 1.37. The standard InChI is InChI=1S/C21H23N5O4/c1-13-4-3-5-16(10-13)19-18(23-12-29-19)21(28)22-11-17-24-20(25-30-17)15-6-8-26(9-7-15)14(2)27/h3-5,10,12,15H,6-9,11H2,1-2H3,(H,22,28). The molecular formula is C21H23N5O4. The summed E-state index contributed by atoms with van der Waals surface area (Å²) in [7, 11) is 0. The zero-order chi connectivity index (χ0) is 21.1. The van der Waals surface area contributed by atoms with E-state index in [4.69, 9.17) is 8.94 Å². The lowest BCUT2D eigenvalue weighted by atomic mass is 9.96. The summed E-state index contributed by atoms with van der Waals surface area (Å²) in [6, 6.07) is 7.66. The third kappa shape index (κ3) is 4.24. The van der Waals surface area contributed by atoms with E-state index in [0.29, 0.717) is 30.6 Å². The summed E-state index contributed by atoms with van der Waals surface area (Å²) in [5.74, 6) is 1.21. The number of rotatable bonds is 5. The van der Waals surface area contributed by atoms with E-state index in [1.807, 2.05) is 36.1 Å². The van der Waals surface area contributed by atoms with Gasteiger partial charge in [0.15, 0.2) is 23.7 Å². The van der Waals surface area contributed by atoms with Crippen LogP contribution in [0, 0.1) is 6.92 Å². The molecule has 3 aromatic rings. The van der Waals surface area contributed by atoms with Gasteiger partial charge in [-0.15, -0.1) is 0 Å². The minimum absolute atomic E-state index is 0.0860. The number of likely N-dealkylation sites (tertiary alicyclic amines) is 1. The largest absolute Gasteiger partial charge is 0.443 e. The first kappa shape index (κ1) is 19.8. The van der Waals surface area contributed by atoms with Crippen LogP contribution in [-0.4, -0.2) is 44.9 Å². The zero-order valence-corrected chi connectivity index (χ0v) is 16.9. The molecule has 9 heteroatoms. The smallest absolute Gasteiger partial charge is 0.274 e. The maximum atomic E-state index is 12.6. The molecule has 1 fully saturated rings. The van der Waals surface area contributed by atoms with Crippen LogP contribution in [0.2, 0.25) is 0 Å². The second-order valence-corrected chi connectivity index (χ2v) is 7.41. The topological polar surface area (TPSA) is 114 Å². The molecule has 1 aliphatic heterocycles. The number of carbonyl (C=O) groups is 2. The predicted molar refractivity (Wildman–Crippen MR) is 106 cm³/mol. The van der Waals surface area contributed by atoms with Crippen LogP contribution in [0.3, 0.4) is 0 Å². The van der Waals surface area contributed by atoms with Gasteiger partial charge in [-0.25, -0.2) is 4.98 Å². The van der Waals surface area contributed by atoms with Crippen LogP contribution in [-0.2, 0) is 11.3 Å². The van der Waals surface area contributed by atoms with Crippen molar-refractivity contribution in [3.05, 3.63) is 53.6 Å². The number of aryl methyl sites for hydroxylation is 1. The highest BCUT2D eigenvalue weighted by Gasteiger charge is 2.26. The zero-order valence-electron chi connectivity index (χ0n) is 16.9. The van der Waals surface area contributed by atoms with E-state index in [2.05, 4.69) is 20.4 Å². The Kier molecular flexibility index (Phi) is 5.60. The summed E-state index contributed by atoms with van der Waals surface area (Å²) in [6.07, 6.45) is 2.85. The minimum atomic E-state index is -0.380. The summed E-state index contributed by atoms with van der Waals surface area (Å²) < 4.78 is 10.7. The van der Waals surface area contributed by atoms with E-state index in [0.717, 1.165) is 24.0 Å². The number of amides is 2. The molecular weight excluding hydrogens is 386 g/mol. The van der Waals surface area contributed by atoms with Crippen LogP contribution >= 0.6 is 0 Å². The summed E-state index contributed by atoms with van der Waals surface area (Å²) in [5, 5.41) is 6.80. The SMILES string of the molecule is CC(=O)N1CCC(c2noc(CNC(=O)c3ncoc3-c3cccc(C)c3)n2)CC1. The van der Waals surface area contributed by atoms with E-state index < -0.39 is 0 Å². The number of piperidine rings is 1. The number of benzene rings is 1. The quantitative estimate of drug-likeness (QED) is 0.689. The number of aromatic nitrogens is 3. The van der Waals surface area contributed by atoms with Crippen molar-refractivity contribution in [2.24, 2.45) is 0 Å². The van der Waals surface area contributed by atoms with Crippen molar-refractivity contribution in [2.75, 3.05) is 13.1 Å². The summed E-state index contributed by atoms with van der Waals surface area (Å²) in [4.78, 5) is 34.3. The van der Waals surface area contributed by atoms with E-state index in [-0.39, 0.29) is 30.0 Å². The number of carbonyl (C=O) groups excluding carboxylic acids is 2. The first-order chi connectivity index (χ1) is 14.5. The monoisotopic (exact) mass is 409 g/mol. The van der Waals surface area contributed by atoms with Gasteiger partial charge in [0.05, 0.1) is 6.54 Å². The third-order valence-corrected chi connectivity index (χ3v) is 5.25. The number of hydrogen-bond acceptors (Lipinski definition) is 7. The van der Waals surface area contributed by atoms with Crippen molar-refractivity contribution in [1.29, 1.82) is 0 Å². The van der Waals surface area contributed by atoms with Crippen molar-refractivity contribution in [3.63, 3.8) is 0 Å². The van der Waals surface area contributed by atoms with Crippen molar-refractivity contribution < 1.29 is 18.5 Å². The Bertz CT molecular complexity index is 1050. The summed E-state index contributed by atoms with van der Waals surface area (Å²) >= 11 is 0. The van der Waals surface area contributed by atoms with Gasteiger partial charge >= 0.3 is 0 Å². The molecule has 0 aliphatic carbocycles. The van der Waals surface area contributed by atoms with Crippen molar-refractivity contribution >= 4 is 11.8 Å². The number of nitrogens with one attached hydrogen (secondary N) is 1. The Hall–Kier alpha value is -3.49. The molecule has 2 amide bonds. The molecule has 0 unspecified atom stereocenters. The fourth-order valence-electron chi connectivity index (χ4n) is 3.60. The van der Waals surface area contributed by atoms with Crippen molar-refractivity contribution in [2.45, 2.75) is 39.2 Å². The first-order valence-electron chi connectivity index (χ1n) is 9.88. The predicted octanol–water partition coefficient (Wildman–Crippen LogP) is 2.69. The third-order valence-electron chi connectivity index (χ3n) is 5.25. The molecule has 1 aliphatic rings. The molecule has 2 aromatic heterocycles.